The summed E-state index contributed by atoms with van der Waals surface area (Å²) in [6.45, 7) is 0.404. The Kier molecular flexibility index (Phi) is 6.29. The molecule has 26 heavy (non-hydrogen) atoms. The lowest BCUT2D eigenvalue weighted by atomic mass is 9.95. The highest BCUT2D eigenvalue weighted by atomic mass is 32.2. The first-order valence-electron chi connectivity index (χ1n) is 9.53. The predicted molar refractivity (Wildman–Crippen MR) is 97.6 cm³/mol. The lowest BCUT2D eigenvalue weighted by molar-refractivity contribution is -0.123. The largest absolute Gasteiger partial charge is 0.353 e. The van der Waals surface area contributed by atoms with Crippen molar-refractivity contribution in [3.8, 4) is 0 Å². The van der Waals surface area contributed by atoms with E-state index in [0.717, 1.165) is 50.7 Å². The Labute approximate surface area is 155 Å². The van der Waals surface area contributed by atoms with Gasteiger partial charge in [-0.2, -0.15) is 4.31 Å². The molecule has 1 N–H and O–H groups in total. The highest BCUT2D eigenvalue weighted by molar-refractivity contribution is 7.89. The summed E-state index contributed by atoms with van der Waals surface area (Å²) in [5, 5.41) is 3.08. The molecule has 1 atom stereocenters. The van der Waals surface area contributed by atoms with Crippen LogP contribution in [0, 0.1) is 5.82 Å². The SMILES string of the molecule is O=C(C[C@H]1CCCCN1S(=O)(=O)c1ccc(F)cc1)NC1CCCCC1. The number of hydrogen-bond acceptors (Lipinski definition) is 3. The van der Waals surface area contributed by atoms with E-state index in [1.165, 1.54) is 22.9 Å². The van der Waals surface area contributed by atoms with E-state index in [-0.39, 0.29) is 29.3 Å². The molecule has 0 aromatic heterocycles. The quantitative estimate of drug-likeness (QED) is 0.850. The van der Waals surface area contributed by atoms with Crippen LogP contribution in [0.1, 0.15) is 57.8 Å². The summed E-state index contributed by atoms with van der Waals surface area (Å²) in [4.78, 5) is 12.5. The maximum absolute atomic E-state index is 13.1. The minimum absolute atomic E-state index is 0.0666. The third-order valence-electron chi connectivity index (χ3n) is 5.38. The van der Waals surface area contributed by atoms with Crippen LogP contribution in [0.5, 0.6) is 0 Å². The number of carbonyl (C=O) groups excluding carboxylic acids is 1. The number of carbonyl (C=O) groups is 1. The van der Waals surface area contributed by atoms with E-state index >= 15 is 0 Å². The first-order chi connectivity index (χ1) is 12.5. The van der Waals surface area contributed by atoms with Crippen molar-refractivity contribution in [3.05, 3.63) is 30.1 Å². The number of sulfonamides is 1. The van der Waals surface area contributed by atoms with Gasteiger partial charge >= 0.3 is 0 Å². The zero-order chi connectivity index (χ0) is 18.6. The molecule has 1 saturated carbocycles. The molecule has 1 aliphatic carbocycles. The van der Waals surface area contributed by atoms with Gasteiger partial charge in [-0.05, 0) is 49.9 Å². The van der Waals surface area contributed by atoms with Crippen molar-refractivity contribution >= 4 is 15.9 Å². The van der Waals surface area contributed by atoms with Crippen molar-refractivity contribution < 1.29 is 17.6 Å². The van der Waals surface area contributed by atoms with E-state index < -0.39 is 15.8 Å². The Morgan fingerprint density at radius 2 is 1.69 bits per heavy atom. The van der Waals surface area contributed by atoms with E-state index in [1.54, 1.807) is 0 Å². The van der Waals surface area contributed by atoms with Crippen molar-refractivity contribution in [2.75, 3.05) is 6.54 Å². The highest BCUT2D eigenvalue weighted by Crippen LogP contribution is 2.27. The van der Waals surface area contributed by atoms with E-state index in [4.69, 9.17) is 0 Å². The Hall–Kier alpha value is -1.47. The van der Waals surface area contributed by atoms with E-state index in [0.29, 0.717) is 13.0 Å². The van der Waals surface area contributed by atoms with Gasteiger partial charge in [0.15, 0.2) is 0 Å². The summed E-state index contributed by atoms with van der Waals surface area (Å²) in [6.07, 6.45) is 8.08. The average Bonchev–Trinajstić information content (AvgIpc) is 2.63. The molecular weight excluding hydrogens is 355 g/mol. The Bertz CT molecular complexity index is 715. The predicted octanol–water partition coefficient (Wildman–Crippen LogP) is 3.21. The molecule has 7 heteroatoms. The van der Waals surface area contributed by atoms with Gasteiger partial charge in [0.05, 0.1) is 4.90 Å². The molecule has 3 rings (SSSR count). The van der Waals surface area contributed by atoms with Gasteiger partial charge in [0.2, 0.25) is 15.9 Å². The molecule has 5 nitrogen and oxygen atoms in total. The van der Waals surface area contributed by atoms with Crippen molar-refractivity contribution in [3.63, 3.8) is 0 Å². The van der Waals surface area contributed by atoms with Gasteiger partial charge in [-0.15, -0.1) is 0 Å². The fourth-order valence-electron chi connectivity index (χ4n) is 3.98. The van der Waals surface area contributed by atoms with Crippen LogP contribution in [0.3, 0.4) is 0 Å². The summed E-state index contributed by atoms with van der Waals surface area (Å²) < 4.78 is 40.5. The van der Waals surface area contributed by atoms with E-state index in [9.17, 15) is 17.6 Å². The summed E-state index contributed by atoms with van der Waals surface area (Å²) in [5.41, 5.74) is 0. The van der Waals surface area contributed by atoms with Crippen molar-refractivity contribution in [1.29, 1.82) is 0 Å². The molecule has 0 bridgehead atoms. The maximum Gasteiger partial charge on any atom is 0.243 e. The van der Waals surface area contributed by atoms with Gasteiger partial charge in [-0.25, -0.2) is 12.8 Å². The van der Waals surface area contributed by atoms with Crippen molar-refractivity contribution in [2.45, 2.75) is 74.8 Å². The summed E-state index contributed by atoms with van der Waals surface area (Å²) in [6, 6.07) is 4.78. The number of hydrogen-bond donors (Lipinski definition) is 1. The van der Waals surface area contributed by atoms with Crippen LogP contribution in [0.2, 0.25) is 0 Å². The van der Waals surface area contributed by atoms with Crippen LogP contribution in [0.25, 0.3) is 0 Å². The van der Waals surface area contributed by atoms with Gasteiger partial charge in [-0.3, -0.25) is 4.79 Å². The molecule has 0 spiro atoms. The lowest BCUT2D eigenvalue weighted by Crippen LogP contribution is -2.47. The monoisotopic (exact) mass is 382 g/mol. The summed E-state index contributed by atoms with van der Waals surface area (Å²) in [5.74, 6) is -0.533. The fraction of sp³-hybridized carbons (Fsp3) is 0.632. The molecule has 0 radical (unpaired) electrons. The second-order valence-corrected chi connectivity index (χ2v) is 9.22. The Balaban J connectivity index is 1.68. The van der Waals surface area contributed by atoms with Crippen LogP contribution in [0.15, 0.2) is 29.2 Å². The van der Waals surface area contributed by atoms with Gasteiger partial charge < -0.3 is 5.32 Å². The molecule has 1 heterocycles. The zero-order valence-corrected chi connectivity index (χ0v) is 15.8. The van der Waals surface area contributed by atoms with E-state index in [1.807, 2.05) is 0 Å². The maximum atomic E-state index is 13.1. The molecule has 1 saturated heterocycles. The average molecular weight is 383 g/mol. The fourth-order valence-corrected chi connectivity index (χ4v) is 5.68. The first kappa shape index (κ1) is 19.3. The van der Waals surface area contributed by atoms with Crippen molar-refractivity contribution in [2.24, 2.45) is 0 Å². The highest BCUT2D eigenvalue weighted by Gasteiger charge is 2.35. The normalized spacial score (nSPS) is 22.9. The van der Waals surface area contributed by atoms with Gasteiger partial charge in [0.25, 0.3) is 0 Å². The number of halogens is 1. The topological polar surface area (TPSA) is 66.5 Å². The smallest absolute Gasteiger partial charge is 0.243 e. The molecular formula is C19H27FN2O3S. The van der Waals surface area contributed by atoms with E-state index in [2.05, 4.69) is 5.32 Å². The lowest BCUT2D eigenvalue weighted by Gasteiger charge is -2.35. The summed E-state index contributed by atoms with van der Waals surface area (Å²) >= 11 is 0. The third-order valence-corrected chi connectivity index (χ3v) is 7.35. The molecule has 144 valence electrons. The van der Waals surface area contributed by atoms with Gasteiger partial charge in [0.1, 0.15) is 5.82 Å². The van der Waals surface area contributed by atoms with Crippen LogP contribution < -0.4 is 5.32 Å². The molecule has 2 aliphatic rings. The molecule has 1 aromatic carbocycles. The number of benzene rings is 1. The number of amides is 1. The Morgan fingerprint density at radius 1 is 1.04 bits per heavy atom. The Morgan fingerprint density at radius 3 is 2.38 bits per heavy atom. The molecule has 0 unspecified atom stereocenters. The molecule has 2 fully saturated rings. The number of nitrogens with one attached hydrogen (secondary N) is 1. The van der Waals surface area contributed by atoms with Crippen LogP contribution >= 0.6 is 0 Å². The third kappa shape index (κ3) is 4.62. The minimum Gasteiger partial charge on any atom is -0.353 e. The second-order valence-electron chi connectivity index (χ2n) is 7.33. The first-order valence-corrected chi connectivity index (χ1v) is 11.0. The number of piperidine rings is 1. The van der Waals surface area contributed by atoms with Gasteiger partial charge in [0, 0.05) is 25.0 Å². The zero-order valence-electron chi connectivity index (χ0n) is 15.0. The summed E-state index contributed by atoms with van der Waals surface area (Å²) in [7, 11) is -3.72. The molecule has 1 aliphatic heterocycles. The van der Waals surface area contributed by atoms with Gasteiger partial charge in [-0.1, -0.05) is 25.7 Å². The molecule has 1 aromatic rings. The van der Waals surface area contributed by atoms with Crippen molar-refractivity contribution in [1.82, 2.24) is 9.62 Å². The van der Waals surface area contributed by atoms with Crippen LogP contribution in [-0.2, 0) is 14.8 Å². The van der Waals surface area contributed by atoms with Crippen LogP contribution in [0.4, 0.5) is 4.39 Å². The molecule has 1 amide bonds. The number of nitrogens with zero attached hydrogens (tertiary/aromatic N) is 1. The second kappa shape index (κ2) is 8.48. The minimum atomic E-state index is -3.72. The standard InChI is InChI=1S/C19H27FN2O3S/c20-15-9-11-18(12-10-15)26(24,25)22-13-5-4-8-17(22)14-19(23)21-16-6-2-1-3-7-16/h9-12,16-17H,1-8,13-14H2,(H,21,23)/t17-/m1/s1. The number of rotatable bonds is 5. The van der Waals surface area contributed by atoms with Crippen LogP contribution in [-0.4, -0.2) is 37.3 Å².